The maximum absolute atomic E-state index is 11.6. The lowest BCUT2D eigenvalue weighted by molar-refractivity contribution is 0.599. The van der Waals surface area contributed by atoms with E-state index in [1.165, 1.54) is 11.3 Å². The van der Waals surface area contributed by atoms with Gasteiger partial charge in [0.15, 0.2) is 15.8 Å². The molecule has 3 N–H and O–H groups in total. The smallest absolute Gasteiger partial charge is 0.189 e. The van der Waals surface area contributed by atoms with Gasteiger partial charge in [0, 0.05) is 10.9 Å². The molecular weight excluding hydrogens is 270 g/mol. The van der Waals surface area contributed by atoms with E-state index in [0.29, 0.717) is 16.7 Å². The summed E-state index contributed by atoms with van der Waals surface area (Å²) in [5, 5.41) is 2.98. The van der Waals surface area contributed by atoms with E-state index in [1.807, 2.05) is 13.8 Å². The molecule has 5 nitrogen and oxygen atoms in total. The van der Waals surface area contributed by atoms with Crippen LogP contribution < -0.4 is 11.1 Å². The van der Waals surface area contributed by atoms with E-state index in [9.17, 15) is 8.42 Å². The Labute approximate surface area is 112 Å². The lowest BCUT2D eigenvalue weighted by atomic mass is 10.4. The molecule has 0 bridgehead atoms. The standard InChI is InChI=1S/C11H19N3O2S2/c1-4-18(15,16)10-6-5-9(17-10)7-13-11(12)14-8(2)3/h5-6,8H,4,7H2,1-3H3,(H3,12,13,14). The molecule has 1 aromatic rings. The normalized spacial score (nSPS) is 13.0. The maximum atomic E-state index is 11.6. The van der Waals surface area contributed by atoms with Crippen molar-refractivity contribution in [1.82, 2.24) is 5.32 Å². The number of guanidine groups is 1. The van der Waals surface area contributed by atoms with Crippen LogP contribution in [0.25, 0.3) is 0 Å². The zero-order valence-electron chi connectivity index (χ0n) is 10.8. The molecule has 0 aliphatic rings. The number of nitrogens with zero attached hydrogens (tertiary/aromatic N) is 1. The molecular formula is C11H19N3O2S2. The van der Waals surface area contributed by atoms with Gasteiger partial charge in [-0.2, -0.15) is 0 Å². The number of aliphatic imine (C=N–C) groups is 1. The Morgan fingerprint density at radius 2 is 2.17 bits per heavy atom. The van der Waals surface area contributed by atoms with E-state index in [4.69, 9.17) is 5.73 Å². The topological polar surface area (TPSA) is 84.5 Å². The molecule has 0 amide bonds. The summed E-state index contributed by atoms with van der Waals surface area (Å²) in [4.78, 5) is 5.04. The highest BCUT2D eigenvalue weighted by atomic mass is 32.2. The Hall–Kier alpha value is -1.08. The van der Waals surface area contributed by atoms with Gasteiger partial charge in [-0.15, -0.1) is 11.3 Å². The first kappa shape index (κ1) is 15.0. The molecule has 0 aliphatic carbocycles. The Kier molecular flexibility index (Phi) is 5.15. The fourth-order valence-electron chi connectivity index (χ4n) is 1.26. The van der Waals surface area contributed by atoms with Crippen LogP contribution in [-0.2, 0) is 16.4 Å². The van der Waals surface area contributed by atoms with Gasteiger partial charge in [-0.1, -0.05) is 6.92 Å². The number of sulfone groups is 1. The summed E-state index contributed by atoms with van der Waals surface area (Å²) >= 11 is 1.25. The predicted octanol–water partition coefficient (Wildman–Crippen LogP) is 1.35. The van der Waals surface area contributed by atoms with Crippen molar-refractivity contribution in [2.75, 3.05) is 5.75 Å². The maximum Gasteiger partial charge on any atom is 0.189 e. The van der Waals surface area contributed by atoms with Gasteiger partial charge in [0.25, 0.3) is 0 Å². The number of hydrogen-bond donors (Lipinski definition) is 2. The summed E-state index contributed by atoms with van der Waals surface area (Å²) in [6.45, 7) is 5.98. The molecule has 1 aromatic heterocycles. The molecule has 0 aliphatic heterocycles. The average molecular weight is 289 g/mol. The summed E-state index contributed by atoms with van der Waals surface area (Å²) in [6.07, 6.45) is 0. The van der Waals surface area contributed by atoms with Gasteiger partial charge in [0.05, 0.1) is 12.3 Å². The van der Waals surface area contributed by atoms with Crippen LogP contribution in [-0.4, -0.2) is 26.2 Å². The molecule has 0 saturated carbocycles. The lowest BCUT2D eigenvalue weighted by Crippen LogP contribution is -2.36. The van der Waals surface area contributed by atoms with Gasteiger partial charge < -0.3 is 11.1 Å². The van der Waals surface area contributed by atoms with E-state index in [0.717, 1.165) is 4.88 Å². The molecule has 1 heterocycles. The van der Waals surface area contributed by atoms with Gasteiger partial charge in [-0.05, 0) is 26.0 Å². The van der Waals surface area contributed by atoms with Crippen LogP contribution in [0.2, 0.25) is 0 Å². The molecule has 0 unspecified atom stereocenters. The SMILES string of the molecule is CCS(=O)(=O)c1ccc(CN=C(N)NC(C)C)s1. The fraction of sp³-hybridized carbons (Fsp3) is 0.545. The van der Waals surface area contributed by atoms with Crippen molar-refractivity contribution in [1.29, 1.82) is 0 Å². The van der Waals surface area contributed by atoms with Gasteiger partial charge in [0.1, 0.15) is 4.21 Å². The highest BCUT2D eigenvalue weighted by molar-refractivity contribution is 7.93. The molecule has 1 rings (SSSR count). The van der Waals surface area contributed by atoms with Crippen molar-refractivity contribution in [3.05, 3.63) is 17.0 Å². The second-order valence-corrected chi connectivity index (χ2v) is 7.80. The highest BCUT2D eigenvalue weighted by Crippen LogP contribution is 2.23. The van der Waals surface area contributed by atoms with Crippen LogP contribution in [0.15, 0.2) is 21.3 Å². The minimum Gasteiger partial charge on any atom is -0.370 e. The van der Waals surface area contributed by atoms with Crippen molar-refractivity contribution in [2.45, 2.75) is 37.6 Å². The third kappa shape index (κ3) is 4.30. The van der Waals surface area contributed by atoms with E-state index in [1.54, 1.807) is 19.1 Å². The molecule has 0 spiro atoms. The van der Waals surface area contributed by atoms with Gasteiger partial charge >= 0.3 is 0 Å². The van der Waals surface area contributed by atoms with Crippen molar-refractivity contribution in [2.24, 2.45) is 10.7 Å². The second kappa shape index (κ2) is 6.19. The number of hydrogen-bond acceptors (Lipinski definition) is 4. The van der Waals surface area contributed by atoms with E-state index in [2.05, 4.69) is 10.3 Å². The molecule has 0 fully saturated rings. The molecule has 0 saturated heterocycles. The van der Waals surface area contributed by atoms with E-state index in [-0.39, 0.29) is 11.8 Å². The third-order valence-corrected chi connectivity index (χ3v) is 5.55. The van der Waals surface area contributed by atoms with Crippen LogP contribution in [0.5, 0.6) is 0 Å². The second-order valence-electron chi connectivity index (χ2n) is 4.12. The van der Waals surface area contributed by atoms with Crippen molar-refractivity contribution in [3.63, 3.8) is 0 Å². The lowest BCUT2D eigenvalue weighted by Gasteiger charge is -2.07. The predicted molar refractivity (Wildman–Crippen MR) is 75.6 cm³/mol. The first-order valence-electron chi connectivity index (χ1n) is 5.73. The summed E-state index contributed by atoms with van der Waals surface area (Å²) in [5.41, 5.74) is 5.67. The third-order valence-electron chi connectivity index (χ3n) is 2.17. The first-order valence-corrected chi connectivity index (χ1v) is 8.20. The highest BCUT2D eigenvalue weighted by Gasteiger charge is 2.14. The number of nitrogens with one attached hydrogen (secondary N) is 1. The van der Waals surface area contributed by atoms with Crippen molar-refractivity contribution >= 4 is 27.1 Å². The van der Waals surface area contributed by atoms with Crippen molar-refractivity contribution < 1.29 is 8.42 Å². The Morgan fingerprint density at radius 3 is 2.72 bits per heavy atom. The molecule has 0 aromatic carbocycles. The number of nitrogens with two attached hydrogens (primary N) is 1. The minimum atomic E-state index is -3.11. The number of rotatable bonds is 5. The van der Waals surface area contributed by atoms with E-state index >= 15 is 0 Å². The minimum absolute atomic E-state index is 0.118. The number of thiophene rings is 1. The Bertz CT molecular complexity index is 518. The largest absolute Gasteiger partial charge is 0.370 e. The molecule has 7 heteroatoms. The van der Waals surface area contributed by atoms with Crippen LogP contribution in [0, 0.1) is 0 Å². The van der Waals surface area contributed by atoms with Gasteiger partial charge in [-0.3, -0.25) is 0 Å². The summed E-state index contributed by atoms with van der Waals surface area (Å²) < 4.78 is 23.7. The Morgan fingerprint density at radius 1 is 1.50 bits per heavy atom. The van der Waals surface area contributed by atoms with Gasteiger partial charge in [0.2, 0.25) is 0 Å². The summed E-state index contributed by atoms with van der Waals surface area (Å²) in [7, 11) is -3.11. The van der Waals surface area contributed by atoms with Crippen LogP contribution in [0.4, 0.5) is 0 Å². The van der Waals surface area contributed by atoms with Crippen LogP contribution >= 0.6 is 11.3 Å². The van der Waals surface area contributed by atoms with Gasteiger partial charge in [-0.25, -0.2) is 13.4 Å². The average Bonchev–Trinajstić information content (AvgIpc) is 2.74. The van der Waals surface area contributed by atoms with Crippen LogP contribution in [0.3, 0.4) is 0 Å². The van der Waals surface area contributed by atoms with E-state index < -0.39 is 9.84 Å². The fourth-order valence-corrected chi connectivity index (χ4v) is 3.66. The zero-order chi connectivity index (χ0) is 13.8. The summed E-state index contributed by atoms with van der Waals surface area (Å²) in [6, 6.07) is 3.63. The summed E-state index contributed by atoms with van der Waals surface area (Å²) in [5.74, 6) is 0.492. The molecule has 102 valence electrons. The quantitative estimate of drug-likeness (QED) is 0.633. The monoisotopic (exact) mass is 289 g/mol. The zero-order valence-corrected chi connectivity index (χ0v) is 12.4. The molecule has 0 atom stereocenters. The molecule has 0 radical (unpaired) electrons. The van der Waals surface area contributed by atoms with Crippen LogP contribution in [0.1, 0.15) is 25.6 Å². The van der Waals surface area contributed by atoms with Crippen molar-refractivity contribution in [3.8, 4) is 0 Å². The molecule has 18 heavy (non-hydrogen) atoms. The Balaban J connectivity index is 2.71. The first-order chi connectivity index (χ1) is 8.35.